The summed E-state index contributed by atoms with van der Waals surface area (Å²) < 4.78 is 19.3. The van der Waals surface area contributed by atoms with Gasteiger partial charge in [0.25, 0.3) is 0 Å². The van der Waals surface area contributed by atoms with Gasteiger partial charge in [-0.2, -0.15) is 0 Å². The van der Waals surface area contributed by atoms with E-state index in [1.54, 1.807) is 30.5 Å². The summed E-state index contributed by atoms with van der Waals surface area (Å²) in [7, 11) is 4.02. The third-order valence-corrected chi connectivity index (χ3v) is 5.50. The molecule has 2 aromatic rings. The summed E-state index contributed by atoms with van der Waals surface area (Å²) in [5, 5.41) is 0. The molecular formula is C24H32FN3O2. The minimum Gasteiger partial charge on any atom is -0.465 e. The van der Waals surface area contributed by atoms with E-state index in [2.05, 4.69) is 9.80 Å². The predicted molar refractivity (Wildman–Crippen MR) is 117 cm³/mol. The van der Waals surface area contributed by atoms with Crippen molar-refractivity contribution in [3.8, 4) is 0 Å². The highest BCUT2D eigenvalue weighted by Gasteiger charge is 2.24. The first-order valence-electron chi connectivity index (χ1n) is 10.6. The molecule has 162 valence electrons. The highest BCUT2D eigenvalue weighted by Crippen LogP contribution is 2.21. The molecule has 0 radical (unpaired) electrons. The summed E-state index contributed by atoms with van der Waals surface area (Å²) in [5.41, 5.74) is 0.736. The number of likely N-dealkylation sites (N-methyl/N-ethyl adjacent to an activating group) is 1. The SMILES string of the molecule is CN(C)CCN(C[C@@H]1CCCN(Cc2ccccc2F)C1)C(=O)/C=C/c1ccco1. The number of piperidine rings is 1. The van der Waals surface area contributed by atoms with Gasteiger partial charge in [-0.15, -0.1) is 0 Å². The Morgan fingerprint density at radius 1 is 1.23 bits per heavy atom. The molecule has 6 heteroatoms. The summed E-state index contributed by atoms with van der Waals surface area (Å²) >= 11 is 0. The Bertz CT molecular complexity index is 820. The van der Waals surface area contributed by atoms with Crippen molar-refractivity contribution in [2.24, 2.45) is 5.92 Å². The highest BCUT2D eigenvalue weighted by molar-refractivity contribution is 5.91. The molecule has 0 N–H and O–H groups in total. The number of carbonyl (C=O) groups excluding carboxylic acids is 1. The molecule has 0 spiro atoms. The van der Waals surface area contributed by atoms with Gasteiger partial charge in [-0.05, 0) is 63.7 Å². The van der Waals surface area contributed by atoms with Gasteiger partial charge < -0.3 is 14.2 Å². The Morgan fingerprint density at radius 3 is 2.80 bits per heavy atom. The van der Waals surface area contributed by atoms with Gasteiger partial charge >= 0.3 is 0 Å². The number of halogens is 1. The van der Waals surface area contributed by atoms with E-state index < -0.39 is 0 Å². The van der Waals surface area contributed by atoms with Crippen LogP contribution in [0.2, 0.25) is 0 Å². The quantitative estimate of drug-likeness (QED) is 0.588. The maximum Gasteiger partial charge on any atom is 0.246 e. The second-order valence-electron chi connectivity index (χ2n) is 8.27. The fourth-order valence-corrected chi connectivity index (χ4v) is 3.88. The number of amides is 1. The fraction of sp³-hybridized carbons (Fsp3) is 0.458. The number of benzene rings is 1. The third-order valence-electron chi connectivity index (χ3n) is 5.50. The molecule has 3 rings (SSSR count). The van der Waals surface area contributed by atoms with Gasteiger partial charge in [0.15, 0.2) is 0 Å². The molecule has 1 fully saturated rings. The minimum atomic E-state index is -0.148. The first-order chi connectivity index (χ1) is 14.5. The summed E-state index contributed by atoms with van der Waals surface area (Å²) in [5.74, 6) is 0.906. The summed E-state index contributed by atoms with van der Waals surface area (Å²) in [6, 6.07) is 10.6. The average Bonchev–Trinajstić information content (AvgIpc) is 3.25. The van der Waals surface area contributed by atoms with E-state index in [0.717, 1.165) is 38.0 Å². The van der Waals surface area contributed by atoms with Crippen molar-refractivity contribution in [2.45, 2.75) is 19.4 Å². The average molecular weight is 414 g/mol. The summed E-state index contributed by atoms with van der Waals surface area (Å²) in [6.07, 6.45) is 7.06. The zero-order valence-corrected chi connectivity index (χ0v) is 18.0. The Kier molecular flexibility index (Phi) is 8.22. The van der Waals surface area contributed by atoms with E-state index in [9.17, 15) is 9.18 Å². The Hall–Kier alpha value is -2.44. The Labute approximate surface area is 178 Å². The van der Waals surface area contributed by atoms with Crippen molar-refractivity contribution in [3.05, 3.63) is 65.9 Å². The van der Waals surface area contributed by atoms with Gasteiger partial charge in [-0.1, -0.05) is 18.2 Å². The van der Waals surface area contributed by atoms with Crippen LogP contribution in [-0.4, -0.2) is 67.4 Å². The summed E-state index contributed by atoms with van der Waals surface area (Å²) in [4.78, 5) is 19.2. The lowest BCUT2D eigenvalue weighted by molar-refractivity contribution is -0.127. The maximum absolute atomic E-state index is 14.0. The second kappa shape index (κ2) is 11.1. The molecule has 0 bridgehead atoms. The minimum absolute atomic E-state index is 0.000484. The van der Waals surface area contributed by atoms with Gasteiger partial charge in [-0.3, -0.25) is 9.69 Å². The smallest absolute Gasteiger partial charge is 0.246 e. The van der Waals surface area contributed by atoms with Crippen LogP contribution < -0.4 is 0 Å². The zero-order chi connectivity index (χ0) is 21.3. The van der Waals surface area contributed by atoms with E-state index >= 15 is 0 Å². The number of carbonyl (C=O) groups is 1. The molecule has 2 heterocycles. The van der Waals surface area contributed by atoms with Gasteiger partial charge in [0.05, 0.1) is 6.26 Å². The molecule has 0 saturated carbocycles. The van der Waals surface area contributed by atoms with Crippen molar-refractivity contribution in [1.82, 2.24) is 14.7 Å². The second-order valence-corrected chi connectivity index (χ2v) is 8.27. The van der Waals surface area contributed by atoms with E-state index in [1.807, 2.05) is 37.2 Å². The van der Waals surface area contributed by atoms with Gasteiger partial charge in [0.1, 0.15) is 11.6 Å². The molecule has 1 aliphatic heterocycles. The lowest BCUT2D eigenvalue weighted by Gasteiger charge is -2.36. The molecule has 1 amide bonds. The monoisotopic (exact) mass is 413 g/mol. The van der Waals surface area contributed by atoms with Gasteiger partial charge in [-0.25, -0.2) is 4.39 Å². The molecule has 5 nitrogen and oxygen atoms in total. The number of furan rings is 1. The predicted octanol–water partition coefficient (Wildman–Crippen LogP) is 3.73. The van der Waals surface area contributed by atoms with Crippen molar-refractivity contribution in [1.29, 1.82) is 0 Å². The number of hydrogen-bond donors (Lipinski definition) is 0. The molecular weight excluding hydrogens is 381 g/mol. The van der Waals surface area contributed by atoms with Crippen LogP contribution in [-0.2, 0) is 11.3 Å². The standard InChI is InChI=1S/C24H32FN3O2/c1-26(2)14-15-28(24(29)12-11-22-9-6-16-30-22)18-20-7-5-13-27(17-20)19-21-8-3-4-10-23(21)25/h3-4,6,8-12,16,20H,5,7,13-15,17-19H2,1-2H3/b12-11+/t20-/m1/s1. The van der Waals surface area contributed by atoms with Crippen LogP contribution in [0.3, 0.4) is 0 Å². The van der Waals surface area contributed by atoms with Crippen molar-refractivity contribution >= 4 is 12.0 Å². The molecule has 30 heavy (non-hydrogen) atoms. The lowest BCUT2D eigenvalue weighted by Crippen LogP contribution is -2.44. The first-order valence-corrected chi connectivity index (χ1v) is 10.6. The normalized spacial score (nSPS) is 17.7. The zero-order valence-electron chi connectivity index (χ0n) is 18.0. The van der Waals surface area contributed by atoms with Crippen LogP contribution in [0.25, 0.3) is 6.08 Å². The molecule has 1 aliphatic rings. The van der Waals surface area contributed by atoms with Crippen molar-refractivity contribution in [3.63, 3.8) is 0 Å². The number of hydrogen-bond acceptors (Lipinski definition) is 4. The van der Waals surface area contributed by atoms with Gasteiger partial charge in [0.2, 0.25) is 5.91 Å². The molecule has 0 unspecified atom stereocenters. The van der Waals surface area contributed by atoms with Crippen LogP contribution in [0.4, 0.5) is 4.39 Å². The molecule has 1 atom stereocenters. The van der Waals surface area contributed by atoms with Crippen molar-refractivity contribution in [2.75, 3.05) is 46.8 Å². The Balaban J connectivity index is 1.60. The third kappa shape index (κ3) is 6.82. The molecule has 1 saturated heterocycles. The maximum atomic E-state index is 14.0. The molecule has 0 aliphatic carbocycles. The van der Waals surface area contributed by atoms with Crippen LogP contribution in [0.5, 0.6) is 0 Å². The van der Waals surface area contributed by atoms with E-state index in [4.69, 9.17) is 4.42 Å². The molecule has 1 aromatic heterocycles. The largest absolute Gasteiger partial charge is 0.465 e. The lowest BCUT2D eigenvalue weighted by atomic mass is 9.96. The molecule has 1 aromatic carbocycles. The van der Waals surface area contributed by atoms with Crippen LogP contribution in [0.15, 0.2) is 53.2 Å². The van der Waals surface area contributed by atoms with Crippen LogP contribution >= 0.6 is 0 Å². The highest BCUT2D eigenvalue weighted by atomic mass is 19.1. The topological polar surface area (TPSA) is 39.9 Å². The van der Waals surface area contributed by atoms with E-state index in [1.165, 1.54) is 6.07 Å². The number of nitrogens with zero attached hydrogens (tertiary/aromatic N) is 3. The van der Waals surface area contributed by atoms with Gasteiger partial charge in [0, 0.05) is 44.4 Å². The van der Waals surface area contributed by atoms with Crippen LogP contribution in [0, 0.1) is 11.7 Å². The van der Waals surface area contributed by atoms with E-state index in [-0.39, 0.29) is 11.7 Å². The number of likely N-dealkylation sites (tertiary alicyclic amines) is 1. The first kappa shape index (κ1) is 22.2. The van der Waals surface area contributed by atoms with Crippen LogP contribution in [0.1, 0.15) is 24.2 Å². The summed E-state index contributed by atoms with van der Waals surface area (Å²) in [6.45, 7) is 4.66. The van der Waals surface area contributed by atoms with E-state index in [0.29, 0.717) is 31.3 Å². The number of rotatable bonds is 9. The fourth-order valence-electron chi connectivity index (χ4n) is 3.88. The Morgan fingerprint density at radius 2 is 2.07 bits per heavy atom. The van der Waals surface area contributed by atoms with Crippen molar-refractivity contribution < 1.29 is 13.6 Å².